The molecule has 0 unspecified atom stereocenters. The molecule has 142 valence electrons. The van der Waals surface area contributed by atoms with Crippen LogP contribution < -0.4 is 0 Å². The van der Waals surface area contributed by atoms with Gasteiger partial charge in [0.1, 0.15) is 0 Å². The Labute approximate surface area is 175 Å². The van der Waals surface area contributed by atoms with E-state index < -0.39 is 11.6 Å². The molecule has 0 bridgehead atoms. The third-order valence-electron chi connectivity index (χ3n) is 4.98. The van der Waals surface area contributed by atoms with E-state index in [2.05, 4.69) is 5.92 Å². The summed E-state index contributed by atoms with van der Waals surface area (Å²) in [6.45, 7) is 0. The summed E-state index contributed by atoms with van der Waals surface area (Å²) in [5, 5.41) is 0. The number of Topliss-reactive ketones (excluding diaryl/α,β-unsaturated/α-hetero) is 2. The van der Waals surface area contributed by atoms with E-state index in [-0.39, 0.29) is 5.56 Å². The van der Waals surface area contributed by atoms with Crippen LogP contribution in [-0.2, 0) is 0 Å². The molecular formula is C28H18O2. The van der Waals surface area contributed by atoms with Gasteiger partial charge in [0.15, 0.2) is 0 Å². The van der Waals surface area contributed by atoms with Crippen molar-refractivity contribution in [2.75, 3.05) is 0 Å². The highest BCUT2D eigenvalue weighted by molar-refractivity contribution is 6.49. The van der Waals surface area contributed by atoms with Gasteiger partial charge in [0.2, 0.25) is 11.6 Å². The fraction of sp³-hybridized carbons (Fsp3) is 0. The van der Waals surface area contributed by atoms with E-state index in [1.807, 2.05) is 72.8 Å². The van der Waals surface area contributed by atoms with Crippen molar-refractivity contribution in [3.05, 3.63) is 120 Å². The van der Waals surface area contributed by atoms with Gasteiger partial charge in [-0.1, -0.05) is 96.9 Å². The molecule has 0 saturated heterocycles. The van der Waals surface area contributed by atoms with Crippen LogP contribution in [0.1, 0.15) is 26.3 Å². The van der Waals surface area contributed by atoms with Gasteiger partial charge >= 0.3 is 0 Å². The second kappa shape index (κ2) is 8.43. The normalized spacial score (nSPS) is 10.2. The predicted octanol–water partition coefficient (Wildman–Crippen LogP) is 6.07. The van der Waals surface area contributed by atoms with Crippen LogP contribution in [0.4, 0.5) is 0 Å². The highest BCUT2D eigenvalue weighted by Gasteiger charge is 2.22. The first-order valence-corrected chi connectivity index (χ1v) is 9.58. The van der Waals surface area contributed by atoms with E-state index in [0.717, 1.165) is 22.3 Å². The molecule has 0 aliphatic heterocycles. The number of benzene rings is 4. The first-order valence-electron chi connectivity index (χ1n) is 9.58. The molecule has 4 rings (SSSR count). The molecule has 0 aromatic heterocycles. The number of carbonyl (C=O) groups excluding carboxylic acids is 2. The van der Waals surface area contributed by atoms with Crippen molar-refractivity contribution < 1.29 is 9.59 Å². The molecule has 4 aromatic rings. The average molecular weight is 386 g/mol. The maximum Gasteiger partial charge on any atom is 0.234 e. The Hall–Kier alpha value is -4.22. The summed E-state index contributed by atoms with van der Waals surface area (Å²) in [7, 11) is 0. The summed E-state index contributed by atoms with van der Waals surface area (Å²) < 4.78 is 0. The van der Waals surface area contributed by atoms with Gasteiger partial charge in [-0.2, -0.15) is 0 Å². The van der Waals surface area contributed by atoms with E-state index >= 15 is 0 Å². The Balaban J connectivity index is 1.72. The van der Waals surface area contributed by atoms with Gasteiger partial charge in [-0.3, -0.25) is 9.59 Å². The minimum atomic E-state index is -0.606. The summed E-state index contributed by atoms with van der Waals surface area (Å²) >= 11 is 0. The number of hydrogen-bond donors (Lipinski definition) is 0. The van der Waals surface area contributed by atoms with Gasteiger partial charge in [-0.25, -0.2) is 0 Å². The first-order chi connectivity index (χ1) is 14.7. The molecule has 0 fully saturated rings. The Morgan fingerprint density at radius 1 is 0.600 bits per heavy atom. The van der Waals surface area contributed by atoms with Crippen LogP contribution in [0.25, 0.3) is 22.3 Å². The largest absolute Gasteiger partial charge is 0.285 e. The lowest BCUT2D eigenvalue weighted by atomic mass is 9.91. The Bertz CT molecular complexity index is 1260. The monoisotopic (exact) mass is 386 g/mol. The minimum Gasteiger partial charge on any atom is -0.285 e. The summed E-state index contributed by atoms with van der Waals surface area (Å²) in [5.74, 6) is 1.43. The van der Waals surface area contributed by atoms with Crippen molar-refractivity contribution in [1.82, 2.24) is 0 Å². The molecule has 0 atom stereocenters. The van der Waals surface area contributed by atoms with E-state index in [4.69, 9.17) is 6.42 Å². The summed E-state index contributed by atoms with van der Waals surface area (Å²) in [6, 6.07) is 31.6. The van der Waals surface area contributed by atoms with Gasteiger partial charge < -0.3 is 0 Å². The van der Waals surface area contributed by atoms with Crippen molar-refractivity contribution in [3.8, 4) is 34.6 Å². The number of carbonyl (C=O) groups is 2. The van der Waals surface area contributed by atoms with Crippen molar-refractivity contribution in [3.63, 3.8) is 0 Å². The Morgan fingerprint density at radius 2 is 1.20 bits per heavy atom. The lowest BCUT2D eigenvalue weighted by molar-refractivity contribution is 0.0817. The second-order valence-corrected chi connectivity index (χ2v) is 6.84. The van der Waals surface area contributed by atoms with Gasteiger partial charge in [-0.15, -0.1) is 6.42 Å². The van der Waals surface area contributed by atoms with Gasteiger partial charge in [-0.05, 0) is 34.4 Å². The van der Waals surface area contributed by atoms with E-state index in [9.17, 15) is 9.59 Å². The zero-order valence-electron chi connectivity index (χ0n) is 16.2. The molecule has 0 saturated carbocycles. The van der Waals surface area contributed by atoms with Crippen LogP contribution in [0.5, 0.6) is 0 Å². The molecular weight excluding hydrogens is 368 g/mol. The summed E-state index contributed by atoms with van der Waals surface area (Å²) in [6.07, 6.45) is 5.75. The van der Waals surface area contributed by atoms with E-state index in [1.54, 1.807) is 30.3 Å². The van der Waals surface area contributed by atoms with E-state index in [0.29, 0.717) is 11.1 Å². The standard InChI is InChI=1S/C28H18O2/c1-2-24-25(21-13-7-4-8-14-21)17-10-18-26(24)28(30)27(29)23-16-9-15-22(19-23)20-11-5-3-6-12-20/h1,3-19H. The summed E-state index contributed by atoms with van der Waals surface area (Å²) in [5.41, 5.74) is 4.54. The van der Waals surface area contributed by atoms with Gasteiger partial charge in [0.05, 0.1) is 0 Å². The van der Waals surface area contributed by atoms with Crippen molar-refractivity contribution in [2.45, 2.75) is 0 Å². The molecule has 0 aliphatic rings. The number of hydrogen-bond acceptors (Lipinski definition) is 2. The maximum absolute atomic E-state index is 13.1. The van der Waals surface area contributed by atoms with Crippen LogP contribution in [0.3, 0.4) is 0 Å². The quantitative estimate of drug-likeness (QED) is 0.237. The van der Waals surface area contributed by atoms with Crippen LogP contribution in [0.15, 0.2) is 103 Å². The zero-order valence-corrected chi connectivity index (χ0v) is 16.2. The predicted molar refractivity (Wildman–Crippen MR) is 120 cm³/mol. The SMILES string of the molecule is C#Cc1c(C(=O)C(=O)c2cccc(-c3ccccc3)c2)cccc1-c1ccccc1. The van der Waals surface area contributed by atoms with Crippen LogP contribution in [-0.4, -0.2) is 11.6 Å². The van der Waals surface area contributed by atoms with Gasteiger partial charge in [0, 0.05) is 16.7 Å². The maximum atomic E-state index is 13.1. The van der Waals surface area contributed by atoms with Gasteiger partial charge in [0.25, 0.3) is 0 Å². The highest BCUT2D eigenvalue weighted by Crippen LogP contribution is 2.27. The Morgan fingerprint density at radius 3 is 1.87 bits per heavy atom. The molecule has 30 heavy (non-hydrogen) atoms. The smallest absolute Gasteiger partial charge is 0.234 e. The molecule has 0 heterocycles. The number of ketones is 2. The molecule has 4 aromatic carbocycles. The second-order valence-electron chi connectivity index (χ2n) is 6.84. The molecule has 0 amide bonds. The third-order valence-corrected chi connectivity index (χ3v) is 4.98. The van der Waals surface area contributed by atoms with Crippen molar-refractivity contribution in [2.24, 2.45) is 0 Å². The topological polar surface area (TPSA) is 34.1 Å². The molecule has 0 N–H and O–H groups in total. The zero-order chi connectivity index (χ0) is 20.9. The van der Waals surface area contributed by atoms with Crippen LogP contribution in [0, 0.1) is 12.3 Å². The molecule has 0 spiro atoms. The lowest BCUT2D eigenvalue weighted by Gasteiger charge is -2.10. The first kappa shape index (κ1) is 19.1. The molecule has 0 aliphatic carbocycles. The van der Waals surface area contributed by atoms with Crippen molar-refractivity contribution >= 4 is 11.6 Å². The van der Waals surface area contributed by atoms with Crippen LogP contribution in [0.2, 0.25) is 0 Å². The average Bonchev–Trinajstić information content (AvgIpc) is 2.83. The molecule has 2 heteroatoms. The molecule has 0 radical (unpaired) electrons. The fourth-order valence-corrected chi connectivity index (χ4v) is 3.48. The number of rotatable bonds is 5. The molecule has 2 nitrogen and oxygen atoms in total. The van der Waals surface area contributed by atoms with E-state index in [1.165, 1.54) is 0 Å². The van der Waals surface area contributed by atoms with Crippen LogP contribution >= 0.6 is 0 Å². The highest BCUT2D eigenvalue weighted by atomic mass is 16.2. The summed E-state index contributed by atoms with van der Waals surface area (Å²) in [4.78, 5) is 26.1. The van der Waals surface area contributed by atoms with Crippen molar-refractivity contribution in [1.29, 1.82) is 0 Å². The number of terminal acetylenes is 1. The Kier molecular flexibility index (Phi) is 5.37. The fourth-order valence-electron chi connectivity index (χ4n) is 3.48. The minimum absolute atomic E-state index is 0.244. The third kappa shape index (κ3) is 3.70. The lowest BCUT2D eigenvalue weighted by Crippen LogP contribution is -2.16.